The van der Waals surface area contributed by atoms with Crippen LogP contribution in [0, 0.1) is 29.8 Å². The summed E-state index contributed by atoms with van der Waals surface area (Å²) >= 11 is 0. The van der Waals surface area contributed by atoms with Crippen molar-refractivity contribution in [2.24, 2.45) is 0 Å². The summed E-state index contributed by atoms with van der Waals surface area (Å²) < 4.78 is 42.7. The van der Waals surface area contributed by atoms with Gasteiger partial charge in [-0.25, -0.2) is 18.0 Å². The van der Waals surface area contributed by atoms with E-state index >= 15 is 0 Å². The van der Waals surface area contributed by atoms with E-state index in [2.05, 4.69) is 4.74 Å². The van der Waals surface area contributed by atoms with Crippen molar-refractivity contribution in [1.29, 1.82) is 0 Å². The summed E-state index contributed by atoms with van der Waals surface area (Å²) in [6.45, 7) is -0.408. The van der Waals surface area contributed by atoms with Gasteiger partial charge in [-0.1, -0.05) is 5.92 Å². The molecule has 1 aromatic rings. The van der Waals surface area contributed by atoms with Crippen molar-refractivity contribution in [1.82, 2.24) is 0 Å². The van der Waals surface area contributed by atoms with Crippen LogP contribution < -0.4 is 0 Å². The van der Waals surface area contributed by atoms with Crippen molar-refractivity contribution >= 4 is 5.97 Å². The molecule has 0 fully saturated rings. The summed E-state index contributed by atoms with van der Waals surface area (Å²) in [7, 11) is 0. The summed E-state index contributed by atoms with van der Waals surface area (Å²) in [6.07, 6.45) is 4.78. The molecule has 1 aromatic carbocycles. The number of terminal acetylenes is 1. The molecule has 0 amide bonds. The largest absolute Gasteiger partial charge is 0.449 e. The van der Waals surface area contributed by atoms with Gasteiger partial charge in [-0.3, -0.25) is 0 Å². The maximum atomic E-state index is 13.0. The van der Waals surface area contributed by atoms with Gasteiger partial charge in [-0.15, -0.1) is 6.42 Å². The zero-order valence-corrected chi connectivity index (χ0v) is 7.39. The minimum atomic E-state index is -1.32. The molecule has 0 unspecified atom stereocenters. The van der Waals surface area contributed by atoms with Gasteiger partial charge in [0.25, 0.3) is 0 Å². The van der Waals surface area contributed by atoms with Crippen molar-refractivity contribution < 1.29 is 22.7 Å². The average Bonchev–Trinajstić information content (AvgIpc) is 2.12. The van der Waals surface area contributed by atoms with E-state index in [1.165, 1.54) is 0 Å². The zero-order valence-electron chi connectivity index (χ0n) is 7.39. The highest BCUT2D eigenvalue weighted by molar-refractivity contribution is 5.90. The Labute approximate surface area is 83.7 Å². The van der Waals surface area contributed by atoms with Crippen LogP contribution in [0.4, 0.5) is 13.2 Å². The first-order chi connectivity index (χ1) is 7.06. The number of halogens is 3. The molecule has 0 heterocycles. The van der Waals surface area contributed by atoms with Gasteiger partial charge in [0.1, 0.15) is 23.0 Å². The van der Waals surface area contributed by atoms with Crippen molar-refractivity contribution in [3.8, 4) is 12.3 Å². The molecule has 0 aromatic heterocycles. The second-order valence-corrected chi connectivity index (χ2v) is 2.52. The predicted octanol–water partition coefficient (Wildman–Crippen LogP) is 1.89. The van der Waals surface area contributed by atoms with Crippen LogP contribution in [0.1, 0.15) is 10.4 Å². The molecule has 0 spiro atoms. The normalized spacial score (nSPS) is 9.47. The number of carbonyl (C=O) groups is 1. The fourth-order valence-electron chi connectivity index (χ4n) is 0.917. The van der Waals surface area contributed by atoms with Crippen molar-refractivity contribution in [2.45, 2.75) is 0 Å². The number of benzene rings is 1. The fourth-order valence-corrected chi connectivity index (χ4v) is 0.917. The van der Waals surface area contributed by atoms with Gasteiger partial charge in [0.2, 0.25) is 0 Å². The van der Waals surface area contributed by atoms with Crippen LogP contribution in [0.5, 0.6) is 0 Å². The molecule has 0 saturated heterocycles. The quantitative estimate of drug-likeness (QED) is 0.555. The molecular weight excluding hydrogens is 209 g/mol. The lowest BCUT2D eigenvalue weighted by Crippen LogP contribution is -2.10. The highest BCUT2D eigenvalue weighted by Crippen LogP contribution is 2.15. The second-order valence-electron chi connectivity index (χ2n) is 2.52. The fraction of sp³-hybridized carbons (Fsp3) is 0.100. The Kier molecular flexibility index (Phi) is 3.34. The standard InChI is InChI=1S/C10H5F3O2/c1-2-3-15-10(14)9-7(12)4-6(11)5-8(9)13/h1,4-5H,3H2. The SMILES string of the molecule is C#CCOC(=O)c1c(F)cc(F)cc1F. The van der Waals surface area contributed by atoms with Gasteiger partial charge in [-0.05, 0) is 0 Å². The van der Waals surface area contributed by atoms with Crippen LogP contribution in [-0.2, 0) is 4.74 Å². The average molecular weight is 214 g/mol. The van der Waals surface area contributed by atoms with Gasteiger partial charge in [0, 0.05) is 12.1 Å². The molecule has 0 atom stereocenters. The van der Waals surface area contributed by atoms with E-state index in [1.807, 2.05) is 5.92 Å². The van der Waals surface area contributed by atoms with E-state index < -0.39 is 35.6 Å². The van der Waals surface area contributed by atoms with E-state index in [9.17, 15) is 18.0 Å². The summed E-state index contributed by atoms with van der Waals surface area (Å²) in [5, 5.41) is 0. The van der Waals surface area contributed by atoms with Crippen molar-refractivity contribution in [3.05, 3.63) is 35.1 Å². The van der Waals surface area contributed by atoms with Crippen molar-refractivity contribution in [2.75, 3.05) is 6.61 Å². The molecule has 1 rings (SSSR count). The van der Waals surface area contributed by atoms with Gasteiger partial charge in [0.05, 0.1) is 0 Å². The number of rotatable bonds is 2. The number of hydrogen-bond donors (Lipinski definition) is 0. The second kappa shape index (κ2) is 4.51. The van der Waals surface area contributed by atoms with E-state index in [0.29, 0.717) is 12.1 Å². The predicted molar refractivity (Wildman–Crippen MR) is 45.4 cm³/mol. The number of hydrogen-bond acceptors (Lipinski definition) is 2. The molecular formula is C10H5F3O2. The molecule has 15 heavy (non-hydrogen) atoms. The summed E-state index contributed by atoms with van der Waals surface area (Å²) in [5.41, 5.74) is -0.952. The van der Waals surface area contributed by atoms with Crippen LogP contribution in [0.25, 0.3) is 0 Å². The molecule has 0 aliphatic heterocycles. The van der Waals surface area contributed by atoms with Crippen LogP contribution in [0.2, 0.25) is 0 Å². The minimum absolute atomic E-state index is 0.384. The molecule has 78 valence electrons. The Morgan fingerprint density at radius 1 is 1.33 bits per heavy atom. The minimum Gasteiger partial charge on any atom is -0.449 e. The van der Waals surface area contributed by atoms with Gasteiger partial charge in [0.15, 0.2) is 6.61 Å². The zero-order chi connectivity index (χ0) is 11.4. The smallest absolute Gasteiger partial charge is 0.345 e. The topological polar surface area (TPSA) is 26.3 Å². The Hall–Kier alpha value is -1.96. The Morgan fingerprint density at radius 2 is 1.87 bits per heavy atom. The molecule has 0 radical (unpaired) electrons. The first-order valence-corrected chi connectivity index (χ1v) is 3.81. The van der Waals surface area contributed by atoms with E-state index in [1.54, 1.807) is 0 Å². The molecule has 0 aliphatic rings. The van der Waals surface area contributed by atoms with Crippen molar-refractivity contribution in [3.63, 3.8) is 0 Å². The van der Waals surface area contributed by atoms with E-state index in [0.717, 1.165) is 0 Å². The summed E-state index contributed by atoms with van der Waals surface area (Å²) in [6, 6.07) is 0.769. The lowest BCUT2D eigenvalue weighted by molar-refractivity contribution is 0.0545. The Morgan fingerprint density at radius 3 is 2.33 bits per heavy atom. The summed E-state index contributed by atoms with van der Waals surface area (Å²) in [4.78, 5) is 11.0. The molecule has 0 aliphatic carbocycles. The van der Waals surface area contributed by atoms with Crippen LogP contribution in [-0.4, -0.2) is 12.6 Å². The monoisotopic (exact) mass is 214 g/mol. The van der Waals surface area contributed by atoms with E-state index in [4.69, 9.17) is 6.42 Å². The lowest BCUT2D eigenvalue weighted by Gasteiger charge is -2.03. The molecule has 0 N–H and O–H groups in total. The third-order valence-electron chi connectivity index (χ3n) is 1.50. The highest BCUT2D eigenvalue weighted by Gasteiger charge is 2.19. The van der Waals surface area contributed by atoms with Crippen LogP contribution in [0.15, 0.2) is 12.1 Å². The summed E-state index contributed by atoms with van der Waals surface area (Å²) in [5.74, 6) is -3.07. The lowest BCUT2D eigenvalue weighted by atomic mass is 10.2. The first-order valence-electron chi connectivity index (χ1n) is 3.81. The number of esters is 1. The number of ether oxygens (including phenoxy) is 1. The maximum absolute atomic E-state index is 13.0. The molecule has 0 bridgehead atoms. The molecule has 2 nitrogen and oxygen atoms in total. The van der Waals surface area contributed by atoms with Gasteiger partial charge >= 0.3 is 5.97 Å². The first kappa shape index (κ1) is 11.1. The molecule has 0 saturated carbocycles. The van der Waals surface area contributed by atoms with Crippen LogP contribution >= 0.6 is 0 Å². The third-order valence-corrected chi connectivity index (χ3v) is 1.50. The van der Waals surface area contributed by atoms with E-state index in [-0.39, 0.29) is 0 Å². The molecule has 5 heteroatoms. The van der Waals surface area contributed by atoms with Gasteiger partial charge in [-0.2, -0.15) is 0 Å². The Balaban J connectivity index is 3.04. The van der Waals surface area contributed by atoms with Gasteiger partial charge < -0.3 is 4.74 Å². The Bertz CT molecular complexity index is 412. The van der Waals surface area contributed by atoms with Crippen LogP contribution in [0.3, 0.4) is 0 Å². The third kappa shape index (κ3) is 2.50. The highest BCUT2D eigenvalue weighted by atomic mass is 19.1. The number of carbonyl (C=O) groups excluding carboxylic acids is 1. The maximum Gasteiger partial charge on any atom is 0.345 e.